The zero-order valence-electron chi connectivity index (χ0n) is 11.4. The van der Waals surface area contributed by atoms with Crippen LogP contribution in [0.5, 0.6) is 0 Å². The van der Waals surface area contributed by atoms with Crippen molar-refractivity contribution in [3.8, 4) is 0 Å². The summed E-state index contributed by atoms with van der Waals surface area (Å²) in [6.07, 6.45) is 1.72. The van der Waals surface area contributed by atoms with Crippen molar-refractivity contribution in [2.45, 2.75) is 13.0 Å². The molecule has 3 aromatic rings. The van der Waals surface area contributed by atoms with Gasteiger partial charge >= 0.3 is 0 Å². The molecule has 0 amide bonds. The van der Waals surface area contributed by atoms with Gasteiger partial charge in [0, 0.05) is 11.6 Å². The van der Waals surface area contributed by atoms with Gasteiger partial charge in [-0.2, -0.15) is 0 Å². The van der Waals surface area contributed by atoms with Crippen LogP contribution in [0.2, 0.25) is 10.0 Å². The maximum atomic E-state index is 6.26. The topological polar surface area (TPSA) is 38.1 Å². The van der Waals surface area contributed by atoms with Crippen molar-refractivity contribution in [3.63, 3.8) is 0 Å². The van der Waals surface area contributed by atoms with E-state index in [4.69, 9.17) is 27.6 Å². The molecule has 0 bridgehead atoms. The monoisotopic (exact) mass is 320 g/mol. The Morgan fingerprint density at radius 1 is 1.19 bits per heavy atom. The Bertz CT molecular complexity index is 770. The van der Waals surface area contributed by atoms with Gasteiger partial charge in [-0.15, -0.1) is 0 Å². The van der Waals surface area contributed by atoms with Crippen molar-refractivity contribution in [1.82, 2.24) is 10.3 Å². The van der Waals surface area contributed by atoms with Crippen LogP contribution in [0.4, 0.5) is 0 Å². The molecule has 108 valence electrons. The van der Waals surface area contributed by atoms with Crippen molar-refractivity contribution in [3.05, 3.63) is 64.1 Å². The summed E-state index contributed by atoms with van der Waals surface area (Å²) in [7, 11) is 0. The summed E-state index contributed by atoms with van der Waals surface area (Å²) in [5.41, 5.74) is 1.43. The molecular formula is C16H14Cl2N2O. The smallest absolute Gasteiger partial charge is 0.152 e. The van der Waals surface area contributed by atoms with E-state index in [9.17, 15) is 0 Å². The summed E-state index contributed by atoms with van der Waals surface area (Å²) >= 11 is 12.4. The van der Waals surface area contributed by atoms with Crippen LogP contribution >= 0.6 is 23.2 Å². The number of nitrogens with one attached hydrogen (secondary N) is 1. The van der Waals surface area contributed by atoms with Crippen LogP contribution < -0.4 is 5.32 Å². The average Bonchev–Trinajstić information content (AvgIpc) is 2.91. The number of halogens is 2. The minimum Gasteiger partial charge on any atom is -0.457 e. The van der Waals surface area contributed by atoms with Gasteiger partial charge in [0.25, 0.3) is 0 Å². The molecular weight excluding hydrogens is 307 g/mol. The molecule has 0 aliphatic rings. The molecule has 2 aromatic heterocycles. The second-order valence-electron chi connectivity index (χ2n) is 4.67. The van der Waals surface area contributed by atoms with Gasteiger partial charge in [0.05, 0.1) is 15.7 Å². The van der Waals surface area contributed by atoms with E-state index in [1.54, 1.807) is 6.20 Å². The standard InChI is InChI=1S/C16H14Cl2N2O/c1-2-19-15(14-11(17)7-4-8-20-14)13-9-10-5-3-6-12(18)16(10)21-13/h3-9,15,19H,2H2,1H3. The number of para-hydroxylation sites is 1. The Hall–Kier alpha value is -1.55. The Kier molecular flexibility index (Phi) is 4.15. The molecule has 5 heteroatoms. The third-order valence-electron chi connectivity index (χ3n) is 3.27. The first-order valence-corrected chi connectivity index (χ1v) is 7.48. The summed E-state index contributed by atoms with van der Waals surface area (Å²) in [6.45, 7) is 2.79. The molecule has 1 atom stereocenters. The highest BCUT2D eigenvalue weighted by atomic mass is 35.5. The number of fused-ring (bicyclic) bond motifs is 1. The molecule has 3 rings (SSSR count). The SMILES string of the molecule is CCNC(c1cc2cccc(Cl)c2o1)c1ncccc1Cl. The van der Waals surface area contributed by atoms with E-state index in [1.165, 1.54) is 0 Å². The first-order chi connectivity index (χ1) is 10.2. The van der Waals surface area contributed by atoms with E-state index in [-0.39, 0.29) is 6.04 Å². The number of pyridine rings is 1. The third kappa shape index (κ3) is 2.77. The van der Waals surface area contributed by atoms with Crippen molar-refractivity contribution in [2.24, 2.45) is 0 Å². The zero-order chi connectivity index (χ0) is 14.8. The summed E-state index contributed by atoms with van der Waals surface area (Å²) in [6, 6.07) is 11.1. The van der Waals surface area contributed by atoms with Crippen LogP contribution in [0.3, 0.4) is 0 Å². The minimum atomic E-state index is -0.202. The van der Waals surface area contributed by atoms with Crippen molar-refractivity contribution in [1.29, 1.82) is 0 Å². The fourth-order valence-corrected chi connectivity index (χ4v) is 2.79. The number of nitrogens with zero attached hydrogens (tertiary/aromatic N) is 1. The lowest BCUT2D eigenvalue weighted by atomic mass is 10.1. The first-order valence-electron chi connectivity index (χ1n) is 6.72. The van der Waals surface area contributed by atoms with Crippen LogP contribution in [-0.2, 0) is 0 Å². The van der Waals surface area contributed by atoms with Crippen LogP contribution in [-0.4, -0.2) is 11.5 Å². The van der Waals surface area contributed by atoms with Gasteiger partial charge in [0.1, 0.15) is 11.8 Å². The van der Waals surface area contributed by atoms with Crippen molar-refractivity contribution in [2.75, 3.05) is 6.54 Å². The van der Waals surface area contributed by atoms with E-state index in [1.807, 2.05) is 43.3 Å². The van der Waals surface area contributed by atoms with E-state index in [0.717, 1.165) is 23.4 Å². The van der Waals surface area contributed by atoms with E-state index in [2.05, 4.69) is 10.3 Å². The van der Waals surface area contributed by atoms with Crippen molar-refractivity contribution >= 4 is 34.2 Å². The molecule has 0 saturated heterocycles. The normalized spacial score (nSPS) is 12.7. The molecule has 1 unspecified atom stereocenters. The summed E-state index contributed by atoms with van der Waals surface area (Å²) < 4.78 is 5.93. The predicted octanol–water partition coefficient (Wildman–Crippen LogP) is 4.83. The molecule has 0 aliphatic carbocycles. The largest absolute Gasteiger partial charge is 0.457 e. The maximum Gasteiger partial charge on any atom is 0.152 e. The number of benzene rings is 1. The fourth-order valence-electron chi connectivity index (χ4n) is 2.34. The second kappa shape index (κ2) is 6.06. The average molecular weight is 321 g/mol. The molecule has 0 aliphatic heterocycles. The number of hydrogen-bond acceptors (Lipinski definition) is 3. The third-order valence-corrected chi connectivity index (χ3v) is 3.89. The van der Waals surface area contributed by atoms with Gasteiger partial charge in [0.2, 0.25) is 0 Å². The van der Waals surface area contributed by atoms with E-state index in [0.29, 0.717) is 15.6 Å². The Morgan fingerprint density at radius 3 is 2.71 bits per heavy atom. The van der Waals surface area contributed by atoms with Gasteiger partial charge in [-0.05, 0) is 30.8 Å². The van der Waals surface area contributed by atoms with Crippen LogP contribution in [0, 0.1) is 0 Å². The molecule has 0 saturated carbocycles. The first kappa shape index (κ1) is 14.4. The van der Waals surface area contributed by atoms with Crippen LogP contribution in [0.15, 0.2) is 47.0 Å². The molecule has 1 aromatic carbocycles. The van der Waals surface area contributed by atoms with Crippen LogP contribution in [0.1, 0.15) is 24.4 Å². The zero-order valence-corrected chi connectivity index (χ0v) is 12.9. The lowest BCUT2D eigenvalue weighted by Crippen LogP contribution is -2.22. The lowest BCUT2D eigenvalue weighted by molar-refractivity contribution is 0.471. The quantitative estimate of drug-likeness (QED) is 0.748. The van der Waals surface area contributed by atoms with Gasteiger partial charge in [-0.1, -0.05) is 42.3 Å². The Labute approximate surface area is 132 Å². The fraction of sp³-hybridized carbons (Fsp3) is 0.188. The number of hydrogen-bond donors (Lipinski definition) is 1. The number of rotatable bonds is 4. The van der Waals surface area contributed by atoms with Gasteiger partial charge in [-0.3, -0.25) is 4.98 Å². The molecule has 1 N–H and O–H groups in total. The minimum absolute atomic E-state index is 0.202. The van der Waals surface area contributed by atoms with Gasteiger partial charge in [-0.25, -0.2) is 0 Å². The van der Waals surface area contributed by atoms with Gasteiger partial charge < -0.3 is 9.73 Å². The summed E-state index contributed by atoms with van der Waals surface area (Å²) in [5.74, 6) is 0.751. The second-order valence-corrected chi connectivity index (χ2v) is 5.48. The molecule has 0 spiro atoms. The van der Waals surface area contributed by atoms with Gasteiger partial charge in [0.15, 0.2) is 5.58 Å². The maximum absolute atomic E-state index is 6.26. The van der Waals surface area contributed by atoms with E-state index < -0.39 is 0 Å². The Balaban J connectivity index is 2.11. The molecule has 2 heterocycles. The number of furan rings is 1. The predicted molar refractivity (Wildman–Crippen MR) is 86.0 cm³/mol. The number of aromatic nitrogens is 1. The molecule has 0 radical (unpaired) electrons. The van der Waals surface area contributed by atoms with E-state index >= 15 is 0 Å². The lowest BCUT2D eigenvalue weighted by Gasteiger charge is -2.15. The molecule has 21 heavy (non-hydrogen) atoms. The highest BCUT2D eigenvalue weighted by Gasteiger charge is 2.21. The van der Waals surface area contributed by atoms with Crippen LogP contribution in [0.25, 0.3) is 11.0 Å². The summed E-state index contributed by atoms with van der Waals surface area (Å²) in [5, 5.41) is 5.52. The highest BCUT2D eigenvalue weighted by Crippen LogP contribution is 2.33. The highest BCUT2D eigenvalue weighted by molar-refractivity contribution is 6.34. The van der Waals surface area contributed by atoms with Crippen molar-refractivity contribution < 1.29 is 4.42 Å². The Morgan fingerprint density at radius 2 is 2.00 bits per heavy atom. The molecule has 3 nitrogen and oxygen atoms in total. The summed E-state index contributed by atoms with van der Waals surface area (Å²) in [4.78, 5) is 4.38. The molecule has 0 fully saturated rings.